The Morgan fingerprint density at radius 2 is 1.88 bits per heavy atom. The minimum absolute atomic E-state index is 0.143. The molecule has 0 spiro atoms. The third-order valence-corrected chi connectivity index (χ3v) is 2.29. The number of nitrogens with two attached hydrogens (primary N) is 1. The lowest BCUT2D eigenvalue weighted by atomic mass is 10.0. The fraction of sp³-hybridized carbons (Fsp3) is 0.462. The van der Waals surface area contributed by atoms with Crippen molar-refractivity contribution < 1.29 is 14.3 Å². The Bertz CT molecular complexity index is 359. The Morgan fingerprint density at radius 1 is 1.29 bits per heavy atom. The molecule has 0 amide bonds. The summed E-state index contributed by atoms with van der Waals surface area (Å²) >= 11 is 0. The van der Waals surface area contributed by atoms with E-state index in [1.165, 1.54) is 7.11 Å². The van der Waals surface area contributed by atoms with Crippen LogP contribution in [0.25, 0.3) is 0 Å². The van der Waals surface area contributed by atoms with E-state index < -0.39 is 0 Å². The zero-order chi connectivity index (χ0) is 12.8. The highest BCUT2D eigenvalue weighted by atomic mass is 16.5. The molecule has 1 aromatic rings. The van der Waals surface area contributed by atoms with Gasteiger partial charge in [0.15, 0.2) is 0 Å². The van der Waals surface area contributed by atoms with Gasteiger partial charge in [-0.3, -0.25) is 4.79 Å². The standard InChI is InChI=1S/C13H19NO3/c1-9(2)17-11-6-4-10(5-7-11)12(14)8-13(15)16-3/h4-7,9,12H,8,14H2,1-3H3/t12-/m0/s1. The van der Waals surface area contributed by atoms with Crippen LogP contribution in [-0.4, -0.2) is 19.2 Å². The van der Waals surface area contributed by atoms with Crippen molar-refractivity contribution in [3.05, 3.63) is 29.8 Å². The fourth-order valence-corrected chi connectivity index (χ4v) is 1.45. The number of benzene rings is 1. The van der Waals surface area contributed by atoms with Crippen molar-refractivity contribution >= 4 is 5.97 Å². The molecule has 1 rings (SSSR count). The largest absolute Gasteiger partial charge is 0.491 e. The van der Waals surface area contributed by atoms with Crippen LogP contribution in [0.3, 0.4) is 0 Å². The normalized spacial score (nSPS) is 12.3. The number of methoxy groups -OCH3 is 1. The smallest absolute Gasteiger partial charge is 0.307 e. The van der Waals surface area contributed by atoms with Crippen LogP contribution in [0.4, 0.5) is 0 Å². The first-order valence-electron chi connectivity index (χ1n) is 5.62. The van der Waals surface area contributed by atoms with Crippen LogP contribution in [0, 0.1) is 0 Å². The van der Waals surface area contributed by atoms with E-state index in [9.17, 15) is 4.79 Å². The van der Waals surface area contributed by atoms with Crippen LogP contribution in [-0.2, 0) is 9.53 Å². The minimum atomic E-state index is -0.337. The summed E-state index contributed by atoms with van der Waals surface area (Å²) in [6, 6.07) is 7.10. The maximum absolute atomic E-state index is 11.1. The molecule has 0 radical (unpaired) electrons. The molecule has 94 valence electrons. The summed E-state index contributed by atoms with van der Waals surface area (Å²) in [5.41, 5.74) is 6.78. The minimum Gasteiger partial charge on any atom is -0.491 e. The van der Waals surface area contributed by atoms with Crippen LogP contribution < -0.4 is 10.5 Å². The molecule has 17 heavy (non-hydrogen) atoms. The van der Waals surface area contributed by atoms with E-state index >= 15 is 0 Å². The van der Waals surface area contributed by atoms with Crippen molar-refractivity contribution in [2.45, 2.75) is 32.4 Å². The number of rotatable bonds is 5. The van der Waals surface area contributed by atoms with E-state index in [2.05, 4.69) is 4.74 Å². The van der Waals surface area contributed by atoms with Gasteiger partial charge in [0, 0.05) is 6.04 Å². The molecule has 0 aliphatic heterocycles. The van der Waals surface area contributed by atoms with E-state index in [1.807, 2.05) is 38.1 Å². The molecule has 4 nitrogen and oxygen atoms in total. The predicted octanol–water partition coefficient (Wildman–Crippen LogP) is 2.04. The lowest BCUT2D eigenvalue weighted by Gasteiger charge is -2.13. The van der Waals surface area contributed by atoms with E-state index in [0.29, 0.717) is 0 Å². The van der Waals surface area contributed by atoms with Gasteiger partial charge >= 0.3 is 5.97 Å². The van der Waals surface area contributed by atoms with Gasteiger partial charge in [0.2, 0.25) is 0 Å². The quantitative estimate of drug-likeness (QED) is 0.796. The lowest BCUT2D eigenvalue weighted by molar-refractivity contribution is -0.141. The molecule has 0 heterocycles. The maximum atomic E-state index is 11.1. The monoisotopic (exact) mass is 237 g/mol. The topological polar surface area (TPSA) is 61.5 Å². The summed E-state index contributed by atoms with van der Waals surface area (Å²) in [6.07, 6.45) is 0.325. The van der Waals surface area contributed by atoms with Crippen LogP contribution in [0.5, 0.6) is 5.75 Å². The van der Waals surface area contributed by atoms with Crippen molar-refractivity contribution in [1.82, 2.24) is 0 Å². The zero-order valence-corrected chi connectivity index (χ0v) is 10.5. The average molecular weight is 237 g/mol. The number of carbonyl (C=O) groups excluding carboxylic acids is 1. The van der Waals surface area contributed by atoms with Crippen molar-refractivity contribution in [2.24, 2.45) is 5.73 Å². The second-order valence-corrected chi connectivity index (χ2v) is 4.12. The van der Waals surface area contributed by atoms with Crippen molar-refractivity contribution in [3.8, 4) is 5.75 Å². The molecule has 2 N–H and O–H groups in total. The average Bonchev–Trinajstić information content (AvgIpc) is 2.28. The van der Waals surface area contributed by atoms with Gasteiger partial charge in [0.25, 0.3) is 0 Å². The summed E-state index contributed by atoms with van der Waals surface area (Å²) in [5.74, 6) is 0.494. The number of hydrogen-bond acceptors (Lipinski definition) is 4. The van der Waals surface area contributed by atoms with Crippen molar-refractivity contribution in [1.29, 1.82) is 0 Å². The van der Waals surface area contributed by atoms with E-state index in [1.54, 1.807) is 0 Å². The number of esters is 1. The van der Waals surface area contributed by atoms with Gasteiger partial charge in [-0.05, 0) is 31.5 Å². The molecule has 0 aliphatic carbocycles. The highest BCUT2D eigenvalue weighted by Crippen LogP contribution is 2.19. The molecular formula is C13H19NO3. The number of carbonyl (C=O) groups is 1. The molecule has 1 atom stereocenters. The molecule has 0 aliphatic rings. The van der Waals surface area contributed by atoms with Gasteiger partial charge in [-0.2, -0.15) is 0 Å². The van der Waals surface area contributed by atoms with Gasteiger partial charge in [-0.1, -0.05) is 12.1 Å². The Balaban J connectivity index is 2.63. The van der Waals surface area contributed by atoms with Gasteiger partial charge < -0.3 is 15.2 Å². The van der Waals surface area contributed by atoms with Crippen LogP contribution in [0.2, 0.25) is 0 Å². The van der Waals surface area contributed by atoms with E-state index in [0.717, 1.165) is 11.3 Å². The fourth-order valence-electron chi connectivity index (χ4n) is 1.45. The molecule has 0 aromatic heterocycles. The van der Waals surface area contributed by atoms with Crippen molar-refractivity contribution in [3.63, 3.8) is 0 Å². The Hall–Kier alpha value is -1.55. The molecular weight excluding hydrogens is 218 g/mol. The van der Waals surface area contributed by atoms with E-state index in [-0.39, 0.29) is 24.5 Å². The summed E-state index contributed by atoms with van der Waals surface area (Å²) in [7, 11) is 1.36. The molecule has 0 saturated carbocycles. The van der Waals surface area contributed by atoms with Crippen LogP contribution in [0.1, 0.15) is 31.9 Å². The molecule has 0 unspecified atom stereocenters. The van der Waals surface area contributed by atoms with Gasteiger partial charge in [0.05, 0.1) is 19.6 Å². The van der Waals surface area contributed by atoms with Crippen LogP contribution in [0.15, 0.2) is 24.3 Å². The maximum Gasteiger partial charge on any atom is 0.307 e. The Kier molecular flexibility index (Phi) is 4.97. The predicted molar refractivity (Wildman–Crippen MR) is 65.8 cm³/mol. The summed E-state index contributed by atoms with van der Waals surface area (Å²) in [6.45, 7) is 3.94. The molecule has 0 fully saturated rings. The van der Waals surface area contributed by atoms with Gasteiger partial charge in [-0.15, -0.1) is 0 Å². The highest BCUT2D eigenvalue weighted by molar-refractivity contribution is 5.70. The molecule has 0 saturated heterocycles. The summed E-state index contributed by atoms with van der Waals surface area (Å²) in [5, 5.41) is 0. The molecule has 0 bridgehead atoms. The van der Waals surface area contributed by atoms with E-state index in [4.69, 9.17) is 10.5 Å². The summed E-state index contributed by atoms with van der Waals surface area (Å²) in [4.78, 5) is 11.1. The Morgan fingerprint density at radius 3 is 2.35 bits per heavy atom. The third-order valence-electron chi connectivity index (χ3n) is 2.29. The first-order chi connectivity index (χ1) is 8.02. The molecule has 1 aromatic carbocycles. The highest BCUT2D eigenvalue weighted by Gasteiger charge is 2.11. The van der Waals surface area contributed by atoms with Crippen LogP contribution >= 0.6 is 0 Å². The number of ether oxygens (including phenoxy) is 2. The molecule has 4 heteroatoms. The second kappa shape index (κ2) is 6.25. The van der Waals surface area contributed by atoms with Gasteiger partial charge in [-0.25, -0.2) is 0 Å². The lowest BCUT2D eigenvalue weighted by Crippen LogP contribution is -2.16. The first kappa shape index (κ1) is 13.5. The Labute approximate surface area is 102 Å². The number of hydrogen-bond donors (Lipinski definition) is 1. The zero-order valence-electron chi connectivity index (χ0n) is 10.5. The second-order valence-electron chi connectivity index (χ2n) is 4.12. The first-order valence-corrected chi connectivity index (χ1v) is 5.62. The van der Waals surface area contributed by atoms with Crippen molar-refractivity contribution in [2.75, 3.05) is 7.11 Å². The van der Waals surface area contributed by atoms with Gasteiger partial charge in [0.1, 0.15) is 5.75 Å². The summed E-state index contributed by atoms with van der Waals surface area (Å²) < 4.78 is 10.1. The third kappa shape index (κ3) is 4.44. The SMILES string of the molecule is COC(=O)C[C@H](N)c1ccc(OC(C)C)cc1.